The topological polar surface area (TPSA) is 41.6 Å². The minimum atomic E-state index is -0.159. The molecule has 0 spiro atoms. The normalized spacial score (nSPS) is 32.1. The molecule has 0 aliphatic carbocycles. The third kappa shape index (κ3) is 1.06. The number of piperazine rings is 1. The number of ether oxygens (including phenoxy) is 1. The van der Waals surface area contributed by atoms with Gasteiger partial charge in [0.1, 0.15) is 0 Å². The van der Waals surface area contributed by atoms with E-state index in [1.165, 1.54) is 0 Å². The minimum Gasteiger partial charge on any atom is -0.447 e. The van der Waals surface area contributed by atoms with Gasteiger partial charge >= 0.3 is 6.09 Å². The van der Waals surface area contributed by atoms with Gasteiger partial charge in [0.2, 0.25) is 0 Å². The zero-order chi connectivity index (χ0) is 8.72. The Bertz CT molecular complexity index is 205. The van der Waals surface area contributed by atoms with Crippen molar-refractivity contribution >= 4 is 6.09 Å². The molecule has 4 nitrogen and oxygen atoms in total. The predicted molar refractivity (Wildman–Crippen MR) is 43.9 cm³/mol. The molecular formula is C8H14N2O2. The van der Waals surface area contributed by atoms with Crippen molar-refractivity contribution in [2.24, 2.45) is 0 Å². The van der Waals surface area contributed by atoms with E-state index in [4.69, 9.17) is 4.74 Å². The zero-order valence-electron chi connectivity index (χ0n) is 7.41. The van der Waals surface area contributed by atoms with E-state index in [2.05, 4.69) is 5.32 Å². The van der Waals surface area contributed by atoms with Crippen LogP contribution in [0.25, 0.3) is 0 Å². The number of carbonyl (C=O) groups excluding carboxylic acids is 1. The number of fused-ring (bicyclic) bond motifs is 1. The largest absolute Gasteiger partial charge is 0.447 e. The van der Waals surface area contributed by atoms with Gasteiger partial charge in [-0.2, -0.15) is 0 Å². The lowest BCUT2D eigenvalue weighted by atomic mass is 9.89. The average molecular weight is 170 g/mol. The van der Waals surface area contributed by atoms with Gasteiger partial charge in [-0.15, -0.1) is 0 Å². The molecule has 2 unspecified atom stereocenters. The van der Waals surface area contributed by atoms with Gasteiger partial charge in [0.25, 0.3) is 0 Å². The first-order valence-corrected chi connectivity index (χ1v) is 4.39. The first kappa shape index (κ1) is 7.86. The zero-order valence-corrected chi connectivity index (χ0v) is 7.41. The van der Waals surface area contributed by atoms with Crippen molar-refractivity contribution < 1.29 is 9.53 Å². The monoisotopic (exact) mass is 170 g/mol. The summed E-state index contributed by atoms with van der Waals surface area (Å²) in [6.07, 6.45) is -0.169. The highest BCUT2D eigenvalue weighted by molar-refractivity contribution is 5.70. The summed E-state index contributed by atoms with van der Waals surface area (Å²) in [5, 5.41) is 3.23. The Balaban J connectivity index is 1.81. The van der Waals surface area contributed by atoms with Gasteiger partial charge < -0.3 is 15.0 Å². The molecule has 0 saturated carbocycles. The highest BCUT2D eigenvalue weighted by Crippen LogP contribution is 2.25. The molecule has 0 aromatic carbocycles. The van der Waals surface area contributed by atoms with Crippen molar-refractivity contribution in [3.63, 3.8) is 0 Å². The van der Waals surface area contributed by atoms with Gasteiger partial charge in [0, 0.05) is 19.1 Å². The van der Waals surface area contributed by atoms with Gasteiger partial charge in [-0.25, -0.2) is 4.79 Å². The predicted octanol–water partition coefficient (Wildman–Crippen LogP) is 0.187. The second-order valence-corrected chi connectivity index (χ2v) is 3.67. The summed E-state index contributed by atoms with van der Waals surface area (Å²) >= 11 is 0. The maximum atomic E-state index is 11.3. The standard InChI is InChI=1S/C8H14N2O2/c1-5(2)12-8(11)10-4-6-7(10)3-9-6/h5-7,9H,3-4H2,1-2H3. The van der Waals surface area contributed by atoms with Crippen LogP contribution in [0.1, 0.15) is 13.8 Å². The average Bonchev–Trinajstić information content (AvgIpc) is 1.93. The highest BCUT2D eigenvalue weighted by Gasteiger charge is 2.48. The fourth-order valence-corrected chi connectivity index (χ4v) is 1.59. The van der Waals surface area contributed by atoms with Crippen molar-refractivity contribution in [1.29, 1.82) is 0 Å². The molecule has 2 atom stereocenters. The summed E-state index contributed by atoms with van der Waals surface area (Å²) in [6.45, 7) is 5.48. The van der Waals surface area contributed by atoms with Gasteiger partial charge in [0.15, 0.2) is 0 Å². The van der Waals surface area contributed by atoms with Gasteiger partial charge in [-0.05, 0) is 13.8 Å². The van der Waals surface area contributed by atoms with Crippen LogP contribution in [0.3, 0.4) is 0 Å². The maximum absolute atomic E-state index is 11.3. The molecule has 1 N–H and O–H groups in total. The van der Waals surface area contributed by atoms with Crippen molar-refractivity contribution in [3.8, 4) is 0 Å². The van der Waals surface area contributed by atoms with E-state index in [1.807, 2.05) is 13.8 Å². The molecule has 12 heavy (non-hydrogen) atoms. The van der Waals surface area contributed by atoms with Crippen LogP contribution in [-0.2, 0) is 4.74 Å². The van der Waals surface area contributed by atoms with E-state index in [9.17, 15) is 4.79 Å². The third-order valence-electron chi connectivity index (χ3n) is 2.42. The lowest BCUT2D eigenvalue weighted by Crippen LogP contribution is -2.78. The van der Waals surface area contributed by atoms with Crippen LogP contribution in [0.2, 0.25) is 0 Å². The van der Waals surface area contributed by atoms with Gasteiger partial charge in [-0.1, -0.05) is 0 Å². The molecule has 2 heterocycles. The molecule has 2 rings (SSSR count). The Kier molecular flexibility index (Phi) is 1.72. The Morgan fingerprint density at radius 3 is 2.75 bits per heavy atom. The van der Waals surface area contributed by atoms with Gasteiger partial charge in [-0.3, -0.25) is 0 Å². The third-order valence-corrected chi connectivity index (χ3v) is 2.42. The fourth-order valence-electron chi connectivity index (χ4n) is 1.59. The summed E-state index contributed by atoms with van der Waals surface area (Å²) in [6, 6.07) is 0.959. The summed E-state index contributed by atoms with van der Waals surface area (Å²) in [5.41, 5.74) is 0. The van der Waals surface area contributed by atoms with Crippen LogP contribution in [-0.4, -0.2) is 42.3 Å². The fraction of sp³-hybridized carbons (Fsp3) is 0.875. The smallest absolute Gasteiger partial charge is 0.410 e. The second kappa shape index (κ2) is 2.62. The SMILES string of the molecule is CC(C)OC(=O)N1CC2NCC21. The Hall–Kier alpha value is -0.770. The molecule has 4 heteroatoms. The number of amides is 1. The molecule has 0 aromatic rings. The van der Waals surface area contributed by atoms with E-state index in [1.54, 1.807) is 4.90 Å². The van der Waals surface area contributed by atoms with Crippen LogP contribution in [0.4, 0.5) is 4.79 Å². The molecule has 68 valence electrons. The second-order valence-electron chi connectivity index (χ2n) is 3.67. The molecular weight excluding hydrogens is 156 g/mol. The quantitative estimate of drug-likeness (QED) is 0.610. The number of nitrogens with zero attached hydrogens (tertiary/aromatic N) is 1. The number of nitrogens with one attached hydrogen (secondary N) is 1. The summed E-state index contributed by atoms with van der Waals surface area (Å²) in [5.74, 6) is 0. The number of hydrogen-bond acceptors (Lipinski definition) is 3. The van der Waals surface area contributed by atoms with Crippen LogP contribution in [0.15, 0.2) is 0 Å². The Morgan fingerprint density at radius 1 is 1.67 bits per heavy atom. The first-order valence-electron chi connectivity index (χ1n) is 4.39. The molecule has 1 amide bonds. The summed E-state index contributed by atoms with van der Waals surface area (Å²) in [7, 11) is 0. The molecule has 2 aliphatic rings. The molecule has 2 saturated heterocycles. The lowest BCUT2D eigenvalue weighted by molar-refractivity contribution is -0.0249. The van der Waals surface area contributed by atoms with Crippen LogP contribution < -0.4 is 5.32 Å². The number of hydrogen-bond donors (Lipinski definition) is 1. The Morgan fingerprint density at radius 2 is 2.42 bits per heavy atom. The summed E-state index contributed by atoms with van der Waals surface area (Å²) < 4.78 is 5.07. The van der Waals surface area contributed by atoms with Crippen molar-refractivity contribution in [2.75, 3.05) is 13.1 Å². The Labute approximate surface area is 71.9 Å². The molecule has 0 aromatic heterocycles. The number of likely N-dealkylation sites (tertiary alicyclic amines) is 1. The van der Waals surface area contributed by atoms with Crippen LogP contribution in [0.5, 0.6) is 0 Å². The summed E-state index contributed by atoms with van der Waals surface area (Å²) in [4.78, 5) is 13.1. The van der Waals surface area contributed by atoms with E-state index in [-0.39, 0.29) is 12.2 Å². The molecule has 0 radical (unpaired) electrons. The van der Waals surface area contributed by atoms with Crippen molar-refractivity contribution in [2.45, 2.75) is 32.0 Å². The van der Waals surface area contributed by atoms with Crippen LogP contribution in [0, 0.1) is 0 Å². The number of carbonyl (C=O) groups is 1. The molecule has 0 bridgehead atoms. The lowest BCUT2D eigenvalue weighted by Gasteiger charge is -2.55. The first-order chi connectivity index (χ1) is 5.68. The van der Waals surface area contributed by atoms with Crippen molar-refractivity contribution in [1.82, 2.24) is 10.2 Å². The van der Waals surface area contributed by atoms with E-state index < -0.39 is 0 Å². The highest BCUT2D eigenvalue weighted by atomic mass is 16.6. The van der Waals surface area contributed by atoms with Gasteiger partial charge in [0.05, 0.1) is 12.1 Å². The minimum absolute atomic E-state index is 0.00964. The van der Waals surface area contributed by atoms with Crippen molar-refractivity contribution in [3.05, 3.63) is 0 Å². The maximum Gasteiger partial charge on any atom is 0.410 e. The molecule has 2 fully saturated rings. The van der Waals surface area contributed by atoms with Crippen LogP contribution >= 0.6 is 0 Å². The molecule has 2 aliphatic heterocycles. The number of rotatable bonds is 1. The van der Waals surface area contributed by atoms with E-state index in [0.717, 1.165) is 13.1 Å². The van der Waals surface area contributed by atoms with E-state index in [0.29, 0.717) is 12.1 Å². The van der Waals surface area contributed by atoms with E-state index >= 15 is 0 Å².